The average Bonchev–Trinajstić information content (AvgIpc) is 3.54. The van der Waals surface area contributed by atoms with E-state index in [4.69, 9.17) is 8.94 Å². The highest BCUT2D eigenvalue weighted by Gasteiger charge is 2.23. The van der Waals surface area contributed by atoms with Gasteiger partial charge in [-0.1, -0.05) is 35.0 Å². The van der Waals surface area contributed by atoms with E-state index in [1.807, 2.05) is 36.1 Å². The van der Waals surface area contributed by atoms with Crippen molar-refractivity contribution >= 4 is 5.91 Å². The Kier molecular flexibility index (Phi) is 6.67. The van der Waals surface area contributed by atoms with Gasteiger partial charge in [-0.05, 0) is 31.2 Å². The van der Waals surface area contributed by atoms with Crippen molar-refractivity contribution in [3.8, 4) is 22.7 Å². The van der Waals surface area contributed by atoms with E-state index in [2.05, 4.69) is 20.0 Å². The Morgan fingerprint density at radius 3 is 2.43 bits per heavy atom. The molecule has 9 heteroatoms. The summed E-state index contributed by atoms with van der Waals surface area (Å²) in [5.41, 5.74) is 2.86. The minimum atomic E-state index is -0.303. The average molecular weight is 476 g/mol. The van der Waals surface area contributed by atoms with Crippen molar-refractivity contribution in [2.45, 2.75) is 26.3 Å². The minimum absolute atomic E-state index is 0.0747. The van der Waals surface area contributed by atoms with Crippen LogP contribution in [0.25, 0.3) is 22.7 Å². The number of hydrogen-bond acceptors (Lipinski definition) is 7. The van der Waals surface area contributed by atoms with Gasteiger partial charge in [-0.25, -0.2) is 9.37 Å². The molecule has 1 fully saturated rings. The van der Waals surface area contributed by atoms with Crippen molar-refractivity contribution in [2.75, 3.05) is 26.2 Å². The van der Waals surface area contributed by atoms with Gasteiger partial charge < -0.3 is 13.8 Å². The number of oxazole rings is 1. The second-order valence-corrected chi connectivity index (χ2v) is 8.66. The monoisotopic (exact) mass is 475 g/mol. The Balaban J connectivity index is 1.08. The van der Waals surface area contributed by atoms with E-state index in [9.17, 15) is 9.18 Å². The number of nitrogens with zero attached hydrogens (tertiary/aromatic N) is 5. The third-order valence-corrected chi connectivity index (χ3v) is 6.10. The fourth-order valence-electron chi connectivity index (χ4n) is 4.03. The van der Waals surface area contributed by atoms with Crippen molar-refractivity contribution in [1.29, 1.82) is 0 Å². The lowest BCUT2D eigenvalue weighted by atomic mass is 10.1. The summed E-state index contributed by atoms with van der Waals surface area (Å²) in [4.78, 5) is 25.5. The minimum Gasteiger partial charge on any atom is -0.441 e. The second kappa shape index (κ2) is 10.2. The molecule has 0 bridgehead atoms. The van der Waals surface area contributed by atoms with Crippen molar-refractivity contribution < 1.29 is 18.1 Å². The number of halogens is 1. The maximum Gasteiger partial charge on any atom is 0.241 e. The van der Waals surface area contributed by atoms with E-state index in [0.717, 1.165) is 24.2 Å². The Morgan fingerprint density at radius 2 is 1.69 bits per heavy atom. The van der Waals surface area contributed by atoms with Crippen LogP contribution in [0.2, 0.25) is 0 Å². The van der Waals surface area contributed by atoms with Gasteiger partial charge in [-0.3, -0.25) is 9.69 Å². The summed E-state index contributed by atoms with van der Waals surface area (Å²) in [6.07, 6.45) is 2.35. The standard InChI is InChI=1S/C26H26FN5O3/c1-18-2-4-20(5-3-18)26-29-24(35-30-26)17-31-12-14-32(15-13-31)25(33)11-10-23-28-16-22(34-23)19-6-8-21(27)9-7-19/h2-9,16H,10-15,17H2,1H3. The molecule has 3 heterocycles. The van der Waals surface area contributed by atoms with E-state index in [1.165, 1.54) is 17.7 Å². The molecule has 1 saturated heterocycles. The number of rotatable bonds is 7. The number of hydrogen-bond donors (Lipinski definition) is 0. The first kappa shape index (κ1) is 22.9. The molecule has 1 aliphatic heterocycles. The molecule has 0 spiro atoms. The summed E-state index contributed by atoms with van der Waals surface area (Å²) < 4.78 is 24.3. The molecular formula is C26H26FN5O3. The maximum atomic E-state index is 13.1. The highest BCUT2D eigenvalue weighted by atomic mass is 19.1. The van der Waals surface area contributed by atoms with Crippen LogP contribution in [0, 0.1) is 12.7 Å². The molecule has 35 heavy (non-hydrogen) atoms. The summed E-state index contributed by atoms with van der Waals surface area (Å²) >= 11 is 0. The Labute approximate surface area is 202 Å². The summed E-state index contributed by atoms with van der Waals surface area (Å²) in [6, 6.07) is 14.0. The molecule has 2 aromatic heterocycles. The van der Waals surface area contributed by atoms with Crippen molar-refractivity contribution in [1.82, 2.24) is 24.9 Å². The number of amides is 1. The predicted octanol–water partition coefficient (Wildman–Crippen LogP) is 4.12. The highest BCUT2D eigenvalue weighted by Crippen LogP contribution is 2.22. The smallest absolute Gasteiger partial charge is 0.241 e. The number of carbonyl (C=O) groups excluding carboxylic acids is 1. The maximum absolute atomic E-state index is 13.1. The van der Waals surface area contributed by atoms with E-state index >= 15 is 0 Å². The molecular weight excluding hydrogens is 449 g/mol. The molecule has 1 amide bonds. The number of aryl methyl sites for hydroxylation is 2. The topological polar surface area (TPSA) is 88.5 Å². The zero-order valence-corrected chi connectivity index (χ0v) is 19.5. The molecule has 180 valence electrons. The van der Waals surface area contributed by atoms with Crippen LogP contribution >= 0.6 is 0 Å². The lowest BCUT2D eigenvalue weighted by Crippen LogP contribution is -2.48. The lowest BCUT2D eigenvalue weighted by Gasteiger charge is -2.33. The van der Waals surface area contributed by atoms with Gasteiger partial charge in [0.05, 0.1) is 12.7 Å². The first-order valence-corrected chi connectivity index (χ1v) is 11.6. The van der Waals surface area contributed by atoms with E-state index in [-0.39, 0.29) is 11.7 Å². The van der Waals surface area contributed by atoms with Crippen LogP contribution in [0.15, 0.2) is 63.7 Å². The molecule has 0 N–H and O–H groups in total. The fraction of sp³-hybridized carbons (Fsp3) is 0.308. The Hall–Kier alpha value is -3.85. The van der Waals surface area contributed by atoms with Crippen molar-refractivity contribution in [2.24, 2.45) is 0 Å². The summed E-state index contributed by atoms with van der Waals surface area (Å²) in [5.74, 6) is 1.99. The first-order chi connectivity index (χ1) is 17.0. The fourth-order valence-corrected chi connectivity index (χ4v) is 4.03. The largest absolute Gasteiger partial charge is 0.441 e. The molecule has 0 radical (unpaired) electrons. The van der Waals surface area contributed by atoms with E-state index in [1.54, 1.807) is 18.3 Å². The normalized spacial score (nSPS) is 14.4. The second-order valence-electron chi connectivity index (χ2n) is 8.66. The van der Waals surface area contributed by atoms with Crippen molar-refractivity contribution in [3.63, 3.8) is 0 Å². The third-order valence-electron chi connectivity index (χ3n) is 6.10. The van der Waals surface area contributed by atoms with Gasteiger partial charge in [-0.15, -0.1) is 0 Å². The van der Waals surface area contributed by atoms with Gasteiger partial charge in [0.25, 0.3) is 0 Å². The zero-order valence-electron chi connectivity index (χ0n) is 19.5. The number of carbonyl (C=O) groups is 1. The Bertz CT molecular complexity index is 1280. The predicted molar refractivity (Wildman–Crippen MR) is 127 cm³/mol. The van der Waals surface area contributed by atoms with E-state index in [0.29, 0.717) is 55.8 Å². The third kappa shape index (κ3) is 5.63. The van der Waals surface area contributed by atoms with Crippen LogP contribution in [-0.4, -0.2) is 57.0 Å². The lowest BCUT2D eigenvalue weighted by molar-refractivity contribution is -0.133. The number of piperazine rings is 1. The molecule has 2 aromatic carbocycles. The quantitative estimate of drug-likeness (QED) is 0.397. The molecule has 0 atom stereocenters. The first-order valence-electron chi connectivity index (χ1n) is 11.6. The highest BCUT2D eigenvalue weighted by molar-refractivity contribution is 5.76. The van der Waals surface area contributed by atoms with Crippen molar-refractivity contribution in [3.05, 3.63) is 77.9 Å². The summed E-state index contributed by atoms with van der Waals surface area (Å²) in [7, 11) is 0. The molecule has 4 aromatic rings. The summed E-state index contributed by atoms with van der Waals surface area (Å²) in [5, 5.41) is 4.09. The van der Waals surface area contributed by atoms with Gasteiger partial charge in [-0.2, -0.15) is 4.98 Å². The molecule has 1 aliphatic rings. The van der Waals surface area contributed by atoms with Crippen LogP contribution in [0.3, 0.4) is 0 Å². The van der Waals surface area contributed by atoms with Gasteiger partial charge in [0.2, 0.25) is 17.6 Å². The molecule has 5 rings (SSSR count). The van der Waals surface area contributed by atoms with Gasteiger partial charge in [0, 0.05) is 50.1 Å². The molecule has 0 unspecified atom stereocenters. The SMILES string of the molecule is Cc1ccc(-c2noc(CN3CCN(C(=O)CCc4ncc(-c5ccc(F)cc5)o4)CC3)n2)cc1. The van der Waals surface area contributed by atoms with Gasteiger partial charge in [0.15, 0.2) is 11.7 Å². The molecule has 8 nitrogen and oxygen atoms in total. The van der Waals surface area contributed by atoms with Gasteiger partial charge in [0.1, 0.15) is 5.82 Å². The van der Waals surface area contributed by atoms with Crippen LogP contribution < -0.4 is 0 Å². The molecule has 0 aliphatic carbocycles. The van der Waals surface area contributed by atoms with Crippen LogP contribution in [-0.2, 0) is 17.8 Å². The summed E-state index contributed by atoms with van der Waals surface area (Å²) in [6.45, 7) is 5.36. The number of aromatic nitrogens is 3. The Morgan fingerprint density at radius 1 is 0.971 bits per heavy atom. The number of benzene rings is 2. The van der Waals surface area contributed by atoms with Crippen LogP contribution in [0.4, 0.5) is 4.39 Å². The zero-order chi connectivity index (χ0) is 24.2. The van der Waals surface area contributed by atoms with Crippen LogP contribution in [0.1, 0.15) is 23.8 Å². The van der Waals surface area contributed by atoms with Crippen LogP contribution in [0.5, 0.6) is 0 Å². The van der Waals surface area contributed by atoms with Gasteiger partial charge >= 0.3 is 0 Å². The molecule has 0 saturated carbocycles. The van der Waals surface area contributed by atoms with E-state index < -0.39 is 0 Å².